The van der Waals surface area contributed by atoms with Gasteiger partial charge < -0.3 is 20.1 Å². The van der Waals surface area contributed by atoms with Gasteiger partial charge in [-0.25, -0.2) is 9.18 Å². The molecule has 30 heavy (non-hydrogen) atoms. The van der Waals surface area contributed by atoms with E-state index in [9.17, 15) is 9.18 Å². The standard InChI is InChI=1S/C23H22BrFN4O/c1-15-13-17(5-6-18(15)24)26-22(30)28-11-8-23(9-12-28)21-3-2-10-29(21)20-7-4-16(25)14-19(20)27-23/h2-7,10,13-14,27H,8-9,11-12H2,1H3,(H,26,30). The van der Waals surface area contributed by atoms with Crippen molar-refractivity contribution in [2.45, 2.75) is 25.3 Å². The third-order valence-electron chi connectivity index (χ3n) is 6.14. The topological polar surface area (TPSA) is 49.3 Å². The number of likely N-dealkylation sites (tertiary alicyclic amines) is 1. The van der Waals surface area contributed by atoms with Gasteiger partial charge in [-0.2, -0.15) is 0 Å². The van der Waals surface area contributed by atoms with Gasteiger partial charge in [0, 0.05) is 35.1 Å². The van der Waals surface area contributed by atoms with Crippen LogP contribution in [0.5, 0.6) is 0 Å². The molecule has 1 aromatic heterocycles. The molecule has 3 aromatic rings. The number of hydrogen-bond donors (Lipinski definition) is 2. The number of amides is 2. The van der Waals surface area contributed by atoms with Gasteiger partial charge in [-0.05, 0) is 73.9 Å². The molecule has 2 aromatic carbocycles. The number of fused-ring (bicyclic) bond motifs is 4. The lowest BCUT2D eigenvalue weighted by molar-refractivity contribution is 0.174. The normalized spacial score (nSPS) is 16.6. The monoisotopic (exact) mass is 468 g/mol. The zero-order valence-electron chi connectivity index (χ0n) is 16.6. The molecule has 0 unspecified atom stereocenters. The molecule has 2 amide bonds. The number of carbonyl (C=O) groups excluding carboxylic acids is 1. The molecule has 154 valence electrons. The van der Waals surface area contributed by atoms with Crippen LogP contribution in [0.15, 0.2) is 59.2 Å². The van der Waals surface area contributed by atoms with Gasteiger partial charge in [0.05, 0.1) is 16.9 Å². The van der Waals surface area contributed by atoms with Gasteiger partial charge in [0.15, 0.2) is 0 Å². The van der Waals surface area contributed by atoms with E-state index in [0.717, 1.165) is 45.6 Å². The van der Waals surface area contributed by atoms with Gasteiger partial charge >= 0.3 is 6.03 Å². The first-order chi connectivity index (χ1) is 14.4. The quantitative estimate of drug-likeness (QED) is 0.485. The van der Waals surface area contributed by atoms with Crippen LogP contribution in [-0.2, 0) is 5.54 Å². The van der Waals surface area contributed by atoms with Crippen molar-refractivity contribution in [1.29, 1.82) is 0 Å². The number of urea groups is 1. The molecule has 1 spiro atoms. The van der Waals surface area contributed by atoms with Crippen LogP contribution < -0.4 is 10.6 Å². The molecule has 2 aliphatic heterocycles. The highest BCUT2D eigenvalue weighted by atomic mass is 79.9. The number of piperidine rings is 1. The predicted octanol–water partition coefficient (Wildman–Crippen LogP) is 5.64. The van der Waals surface area contributed by atoms with Gasteiger partial charge in [-0.3, -0.25) is 0 Å². The van der Waals surface area contributed by atoms with E-state index in [4.69, 9.17) is 0 Å². The number of carbonyl (C=O) groups is 1. The van der Waals surface area contributed by atoms with Crippen LogP contribution in [0.2, 0.25) is 0 Å². The number of aromatic nitrogens is 1. The van der Waals surface area contributed by atoms with Crippen molar-refractivity contribution >= 4 is 33.3 Å². The van der Waals surface area contributed by atoms with E-state index < -0.39 is 0 Å². The Morgan fingerprint density at radius 1 is 1.17 bits per heavy atom. The molecular formula is C23H22BrFN4O. The Kier molecular flexibility index (Phi) is 4.58. The second-order valence-corrected chi connectivity index (χ2v) is 8.87. The minimum Gasteiger partial charge on any atom is -0.372 e. The lowest BCUT2D eigenvalue weighted by Gasteiger charge is -2.46. The Labute approximate surface area is 183 Å². The summed E-state index contributed by atoms with van der Waals surface area (Å²) in [6.07, 6.45) is 3.52. The van der Waals surface area contributed by atoms with Crippen molar-refractivity contribution < 1.29 is 9.18 Å². The van der Waals surface area contributed by atoms with Crippen molar-refractivity contribution in [3.63, 3.8) is 0 Å². The molecule has 0 radical (unpaired) electrons. The summed E-state index contributed by atoms with van der Waals surface area (Å²) in [4.78, 5) is 14.6. The fourth-order valence-corrected chi connectivity index (χ4v) is 4.77. The maximum absolute atomic E-state index is 13.9. The van der Waals surface area contributed by atoms with E-state index >= 15 is 0 Å². The second kappa shape index (κ2) is 7.16. The van der Waals surface area contributed by atoms with Crippen LogP contribution in [-0.4, -0.2) is 28.6 Å². The van der Waals surface area contributed by atoms with Crippen LogP contribution >= 0.6 is 15.9 Å². The molecule has 0 aliphatic carbocycles. The van der Waals surface area contributed by atoms with Crippen LogP contribution in [0.3, 0.4) is 0 Å². The fourth-order valence-electron chi connectivity index (χ4n) is 4.52. The van der Waals surface area contributed by atoms with Crippen molar-refractivity contribution in [3.8, 4) is 5.69 Å². The molecule has 0 saturated carbocycles. The minimum absolute atomic E-state index is 0.0933. The predicted molar refractivity (Wildman–Crippen MR) is 120 cm³/mol. The Balaban J connectivity index is 1.34. The first-order valence-corrected chi connectivity index (χ1v) is 10.8. The molecule has 0 atom stereocenters. The molecule has 1 fully saturated rings. The lowest BCUT2D eigenvalue weighted by atomic mass is 9.82. The molecule has 1 saturated heterocycles. The zero-order chi connectivity index (χ0) is 20.9. The summed E-state index contributed by atoms with van der Waals surface area (Å²) in [7, 11) is 0. The highest BCUT2D eigenvalue weighted by molar-refractivity contribution is 9.10. The first kappa shape index (κ1) is 19.2. The van der Waals surface area contributed by atoms with Crippen LogP contribution in [0, 0.1) is 12.7 Å². The maximum Gasteiger partial charge on any atom is 0.321 e. The number of benzene rings is 2. The summed E-state index contributed by atoms with van der Waals surface area (Å²) in [5, 5.41) is 6.59. The number of anilines is 2. The lowest BCUT2D eigenvalue weighted by Crippen LogP contribution is -2.51. The van der Waals surface area contributed by atoms with Crippen LogP contribution in [0.25, 0.3) is 5.69 Å². The average molecular weight is 469 g/mol. The smallest absolute Gasteiger partial charge is 0.321 e. The van der Waals surface area contributed by atoms with Crippen LogP contribution in [0.1, 0.15) is 24.1 Å². The Hall–Kier alpha value is -2.80. The van der Waals surface area contributed by atoms with E-state index in [-0.39, 0.29) is 17.4 Å². The largest absolute Gasteiger partial charge is 0.372 e. The molecular weight excluding hydrogens is 447 g/mol. The van der Waals surface area contributed by atoms with Gasteiger partial charge in [-0.1, -0.05) is 15.9 Å². The van der Waals surface area contributed by atoms with E-state index in [1.165, 1.54) is 6.07 Å². The van der Waals surface area contributed by atoms with Gasteiger partial charge in [0.25, 0.3) is 0 Å². The van der Waals surface area contributed by atoms with Crippen LogP contribution in [0.4, 0.5) is 20.6 Å². The molecule has 2 aliphatic rings. The molecule has 2 N–H and O–H groups in total. The number of aryl methyl sites for hydroxylation is 1. The molecule has 5 nitrogen and oxygen atoms in total. The van der Waals surface area contributed by atoms with Crippen molar-refractivity contribution in [2.24, 2.45) is 0 Å². The van der Waals surface area contributed by atoms with E-state index in [0.29, 0.717) is 13.1 Å². The Morgan fingerprint density at radius 3 is 2.73 bits per heavy atom. The molecule has 7 heteroatoms. The summed E-state index contributed by atoms with van der Waals surface area (Å²) < 4.78 is 17.0. The number of rotatable bonds is 1. The third kappa shape index (κ3) is 3.17. The number of hydrogen-bond acceptors (Lipinski definition) is 2. The highest BCUT2D eigenvalue weighted by Crippen LogP contribution is 2.43. The van der Waals surface area contributed by atoms with Gasteiger partial charge in [0.1, 0.15) is 5.82 Å². The summed E-state index contributed by atoms with van der Waals surface area (Å²) in [5.41, 5.74) is 4.45. The summed E-state index contributed by atoms with van der Waals surface area (Å²) >= 11 is 3.48. The van der Waals surface area contributed by atoms with E-state index in [1.807, 2.05) is 42.3 Å². The number of nitrogens with one attached hydrogen (secondary N) is 2. The van der Waals surface area contributed by atoms with Gasteiger partial charge in [0.2, 0.25) is 0 Å². The molecule has 0 bridgehead atoms. The minimum atomic E-state index is -0.310. The maximum atomic E-state index is 13.9. The van der Waals surface area contributed by atoms with E-state index in [1.54, 1.807) is 12.1 Å². The Bertz CT molecular complexity index is 1130. The summed E-state index contributed by atoms with van der Waals surface area (Å²) in [6.45, 7) is 3.23. The summed E-state index contributed by atoms with van der Waals surface area (Å²) in [5.74, 6) is -0.256. The van der Waals surface area contributed by atoms with E-state index in [2.05, 4.69) is 37.2 Å². The first-order valence-electron chi connectivity index (χ1n) is 10.0. The zero-order valence-corrected chi connectivity index (χ0v) is 18.2. The number of halogens is 2. The number of nitrogens with zero attached hydrogens (tertiary/aromatic N) is 2. The third-order valence-corrected chi connectivity index (χ3v) is 7.03. The molecule has 3 heterocycles. The highest BCUT2D eigenvalue weighted by Gasteiger charge is 2.42. The van der Waals surface area contributed by atoms with Crippen molar-refractivity contribution in [2.75, 3.05) is 23.7 Å². The fraction of sp³-hybridized carbons (Fsp3) is 0.261. The average Bonchev–Trinajstić information content (AvgIpc) is 3.22. The van der Waals surface area contributed by atoms with Gasteiger partial charge in [-0.15, -0.1) is 0 Å². The summed E-state index contributed by atoms with van der Waals surface area (Å²) in [6, 6.07) is 14.7. The van der Waals surface area contributed by atoms with Crippen molar-refractivity contribution in [1.82, 2.24) is 9.47 Å². The molecule has 5 rings (SSSR count). The van der Waals surface area contributed by atoms with Crippen molar-refractivity contribution in [3.05, 3.63) is 76.3 Å². The second-order valence-electron chi connectivity index (χ2n) is 8.01. The Morgan fingerprint density at radius 2 is 1.97 bits per heavy atom. The SMILES string of the molecule is Cc1cc(NC(=O)N2CCC3(CC2)Nc2cc(F)ccc2-n2cccc23)ccc1Br.